The van der Waals surface area contributed by atoms with Gasteiger partial charge in [0.05, 0.1) is 17.9 Å². The smallest absolute Gasteiger partial charge is 0.335 e. The molecule has 0 fully saturated rings. The molecule has 3 aromatic rings. The van der Waals surface area contributed by atoms with Crippen LogP contribution < -0.4 is 5.73 Å². The van der Waals surface area contributed by atoms with Gasteiger partial charge in [0.1, 0.15) is 5.82 Å². The van der Waals surface area contributed by atoms with E-state index in [-0.39, 0.29) is 49.4 Å². The molecule has 182 valence electrons. The number of carbonyl (C=O) groups is 1. The minimum absolute atomic E-state index is 0.0135. The lowest BCUT2D eigenvalue weighted by Gasteiger charge is -2.30. The number of rotatable bonds is 5. The number of aryl methyl sites for hydroxylation is 1. The molecule has 0 saturated heterocycles. The van der Waals surface area contributed by atoms with Gasteiger partial charge < -0.3 is 15.2 Å². The molecule has 1 aromatic carbocycles. The molecule has 34 heavy (non-hydrogen) atoms. The summed E-state index contributed by atoms with van der Waals surface area (Å²) in [6, 6.07) is 0.211. The van der Waals surface area contributed by atoms with Crippen LogP contribution >= 0.6 is 11.3 Å². The number of nitrogens with zero attached hydrogens (tertiary/aromatic N) is 3. The third-order valence-electron chi connectivity index (χ3n) is 5.73. The number of alkyl halides is 3. The van der Waals surface area contributed by atoms with Crippen molar-refractivity contribution in [3.05, 3.63) is 63.0 Å². The summed E-state index contributed by atoms with van der Waals surface area (Å²) in [6.45, 7) is 1.59. The second-order valence-electron chi connectivity index (χ2n) is 8.19. The van der Waals surface area contributed by atoms with Gasteiger partial charge in [0.2, 0.25) is 11.7 Å². The molecule has 0 aliphatic carbocycles. The number of halogens is 6. The fourth-order valence-electron chi connectivity index (χ4n) is 4.04. The number of amides is 1. The molecule has 2 aromatic heterocycles. The van der Waals surface area contributed by atoms with Crippen LogP contribution in [-0.4, -0.2) is 32.9 Å². The van der Waals surface area contributed by atoms with Gasteiger partial charge in [-0.2, -0.15) is 24.5 Å². The largest absolute Gasteiger partial charge is 0.449 e. The van der Waals surface area contributed by atoms with Crippen LogP contribution in [0, 0.1) is 24.4 Å². The molecule has 0 saturated carbocycles. The van der Waals surface area contributed by atoms with E-state index in [4.69, 9.17) is 5.73 Å². The normalized spacial score (nSPS) is 14.9. The third kappa shape index (κ3) is 4.69. The summed E-state index contributed by atoms with van der Waals surface area (Å²) in [7, 11) is 0. The van der Waals surface area contributed by atoms with E-state index < -0.39 is 41.4 Å². The molecule has 1 amide bonds. The maximum absolute atomic E-state index is 13.9. The Morgan fingerprint density at radius 3 is 2.50 bits per heavy atom. The quantitative estimate of drug-likeness (QED) is 0.408. The van der Waals surface area contributed by atoms with Crippen molar-refractivity contribution in [2.45, 2.75) is 45.1 Å². The van der Waals surface area contributed by atoms with Gasteiger partial charge in [-0.15, -0.1) is 0 Å². The topological polar surface area (TPSA) is 64.2 Å². The molecule has 1 unspecified atom stereocenters. The van der Waals surface area contributed by atoms with Crippen LogP contribution in [0.2, 0.25) is 0 Å². The van der Waals surface area contributed by atoms with Crippen molar-refractivity contribution in [2.24, 2.45) is 5.73 Å². The van der Waals surface area contributed by atoms with Gasteiger partial charge in [0, 0.05) is 42.6 Å². The Hall–Kier alpha value is -2.86. The van der Waals surface area contributed by atoms with Crippen molar-refractivity contribution in [2.75, 3.05) is 6.54 Å². The van der Waals surface area contributed by atoms with Crippen LogP contribution in [0.15, 0.2) is 22.9 Å². The first-order chi connectivity index (χ1) is 16.0. The molecule has 4 rings (SSSR count). The van der Waals surface area contributed by atoms with Crippen molar-refractivity contribution >= 4 is 17.2 Å². The Bertz CT molecular complexity index is 1230. The van der Waals surface area contributed by atoms with Crippen molar-refractivity contribution in [3.63, 3.8) is 0 Å². The van der Waals surface area contributed by atoms with Crippen LogP contribution in [0.25, 0.3) is 11.3 Å². The lowest BCUT2D eigenvalue weighted by atomic mass is 10.0. The van der Waals surface area contributed by atoms with Gasteiger partial charge in [0.25, 0.3) is 0 Å². The van der Waals surface area contributed by atoms with Gasteiger partial charge >= 0.3 is 6.18 Å². The lowest BCUT2D eigenvalue weighted by Crippen LogP contribution is -2.42. The molecule has 3 heterocycles. The predicted molar refractivity (Wildman–Crippen MR) is 113 cm³/mol. The zero-order valence-electron chi connectivity index (χ0n) is 17.9. The first kappa shape index (κ1) is 24.3. The number of nitrogens with two attached hydrogens (primary N) is 1. The number of imidazole rings is 1. The first-order valence-electron chi connectivity index (χ1n) is 10.3. The number of aromatic nitrogens is 2. The zero-order chi connectivity index (χ0) is 24.8. The third-order valence-corrected chi connectivity index (χ3v) is 6.59. The molecule has 2 N–H and O–H groups in total. The van der Waals surface area contributed by atoms with E-state index in [2.05, 4.69) is 4.98 Å². The van der Waals surface area contributed by atoms with Crippen LogP contribution in [-0.2, 0) is 30.5 Å². The minimum atomic E-state index is -4.65. The van der Waals surface area contributed by atoms with Gasteiger partial charge in [-0.1, -0.05) is 0 Å². The number of carbonyl (C=O) groups excluding carboxylic acids is 1. The van der Waals surface area contributed by atoms with Gasteiger partial charge in [-0.25, -0.2) is 18.2 Å². The van der Waals surface area contributed by atoms with Crippen molar-refractivity contribution < 1.29 is 31.1 Å². The van der Waals surface area contributed by atoms with E-state index >= 15 is 0 Å². The Balaban J connectivity index is 1.53. The summed E-state index contributed by atoms with van der Waals surface area (Å²) in [5.74, 6) is -4.98. The molecule has 0 spiro atoms. The second kappa shape index (κ2) is 9.06. The van der Waals surface area contributed by atoms with E-state index in [0.717, 1.165) is 10.1 Å². The highest BCUT2D eigenvalue weighted by Crippen LogP contribution is 2.37. The molecule has 5 nitrogen and oxygen atoms in total. The van der Waals surface area contributed by atoms with E-state index in [1.807, 2.05) is 0 Å². The molecule has 0 radical (unpaired) electrons. The standard InChI is InChI=1S/C22H20F6N4OS/c1-11-9-34-10-14(11)20-18-8-31(2-3-32(18)21(30-20)22(26,27)28)19(33)6-13(29)4-12-5-16(24)17(25)7-15(12)23/h5,7,9-10,13H,2-4,6,8,29H2,1H3. The van der Waals surface area contributed by atoms with E-state index in [1.54, 1.807) is 17.7 Å². The maximum atomic E-state index is 13.9. The predicted octanol–water partition coefficient (Wildman–Crippen LogP) is 4.66. The van der Waals surface area contributed by atoms with E-state index in [1.165, 1.54) is 16.2 Å². The average molecular weight is 502 g/mol. The van der Waals surface area contributed by atoms with Crippen LogP contribution in [0.4, 0.5) is 26.3 Å². The van der Waals surface area contributed by atoms with Crippen molar-refractivity contribution in [1.82, 2.24) is 14.5 Å². The fourth-order valence-corrected chi connectivity index (χ4v) is 4.88. The second-order valence-corrected chi connectivity index (χ2v) is 8.93. The van der Waals surface area contributed by atoms with E-state index in [9.17, 15) is 31.1 Å². The molecule has 1 aliphatic rings. The van der Waals surface area contributed by atoms with Crippen LogP contribution in [0.5, 0.6) is 0 Å². The minimum Gasteiger partial charge on any atom is -0.335 e. The van der Waals surface area contributed by atoms with Crippen molar-refractivity contribution in [3.8, 4) is 11.3 Å². The maximum Gasteiger partial charge on any atom is 0.449 e. The Labute approximate surface area is 194 Å². The number of fused-ring (bicyclic) bond motifs is 1. The number of hydrogen-bond acceptors (Lipinski definition) is 4. The average Bonchev–Trinajstić information content (AvgIpc) is 3.34. The van der Waals surface area contributed by atoms with Gasteiger partial charge in [0.15, 0.2) is 11.6 Å². The molecule has 0 bridgehead atoms. The highest BCUT2D eigenvalue weighted by Gasteiger charge is 2.41. The Morgan fingerprint density at radius 1 is 1.15 bits per heavy atom. The van der Waals surface area contributed by atoms with Crippen LogP contribution in [0.3, 0.4) is 0 Å². The SMILES string of the molecule is Cc1cscc1-c1nc(C(F)(F)F)n2c1CN(C(=O)CC(N)Cc1cc(F)c(F)cc1F)CC2. The summed E-state index contributed by atoms with van der Waals surface area (Å²) in [6.07, 6.45) is -5.11. The number of benzene rings is 1. The van der Waals surface area contributed by atoms with Crippen LogP contribution in [0.1, 0.15) is 29.1 Å². The molecular formula is C22H20F6N4OS. The number of hydrogen-bond donors (Lipinski definition) is 1. The molecule has 12 heteroatoms. The summed E-state index contributed by atoms with van der Waals surface area (Å²) in [5.41, 5.74) is 7.59. The lowest BCUT2D eigenvalue weighted by molar-refractivity contribution is -0.148. The molecular weight excluding hydrogens is 482 g/mol. The Kier molecular flexibility index (Phi) is 6.47. The monoisotopic (exact) mass is 502 g/mol. The zero-order valence-corrected chi connectivity index (χ0v) is 18.7. The highest BCUT2D eigenvalue weighted by atomic mass is 32.1. The summed E-state index contributed by atoms with van der Waals surface area (Å²) in [4.78, 5) is 18.1. The van der Waals surface area contributed by atoms with Gasteiger partial charge in [-0.05, 0) is 35.9 Å². The van der Waals surface area contributed by atoms with E-state index in [0.29, 0.717) is 17.7 Å². The summed E-state index contributed by atoms with van der Waals surface area (Å²) >= 11 is 1.34. The molecule has 1 atom stereocenters. The summed E-state index contributed by atoms with van der Waals surface area (Å²) in [5, 5.41) is 3.52. The first-order valence-corrected chi connectivity index (χ1v) is 11.3. The Morgan fingerprint density at radius 2 is 1.85 bits per heavy atom. The molecule has 1 aliphatic heterocycles. The number of thiophene rings is 1. The summed E-state index contributed by atoms with van der Waals surface area (Å²) < 4.78 is 82.3. The highest BCUT2D eigenvalue weighted by molar-refractivity contribution is 7.08. The fraction of sp³-hybridized carbons (Fsp3) is 0.364. The van der Waals surface area contributed by atoms with Crippen molar-refractivity contribution in [1.29, 1.82) is 0 Å². The van der Waals surface area contributed by atoms with Gasteiger partial charge in [-0.3, -0.25) is 4.79 Å².